The van der Waals surface area contributed by atoms with Crippen LogP contribution in [-0.4, -0.2) is 20.8 Å². The van der Waals surface area contributed by atoms with Gasteiger partial charge in [0, 0.05) is 11.6 Å². The molecule has 8 heteroatoms. The van der Waals surface area contributed by atoms with Crippen molar-refractivity contribution >= 4 is 30.9 Å². The minimum Gasteiger partial charge on any atom is -0.241 e. The quantitative estimate of drug-likeness (QED) is 0.784. The second kappa shape index (κ2) is 4.94. The van der Waals surface area contributed by atoms with E-state index in [4.69, 9.17) is 5.14 Å². The smallest absolute Gasteiger partial charge is 0.241 e. The summed E-state index contributed by atoms with van der Waals surface area (Å²) in [4.78, 5) is 0.0953. The number of benzene rings is 2. The Morgan fingerprint density at radius 3 is 2.14 bits per heavy atom. The van der Waals surface area contributed by atoms with Gasteiger partial charge in [0.25, 0.3) is 10.0 Å². The van der Waals surface area contributed by atoms with Crippen LogP contribution < -0.4 is 5.14 Å². The van der Waals surface area contributed by atoms with Crippen molar-refractivity contribution in [1.29, 1.82) is 0 Å². The summed E-state index contributed by atoms with van der Waals surface area (Å²) >= 11 is 0. The Hall–Kier alpha value is -2.16. The number of aromatic nitrogens is 1. The fraction of sp³-hybridized carbons (Fsp3) is 0. The molecule has 0 unspecified atom stereocenters. The second-order valence-corrected chi connectivity index (χ2v) is 8.07. The van der Waals surface area contributed by atoms with Crippen molar-refractivity contribution in [2.75, 3.05) is 0 Å². The van der Waals surface area contributed by atoms with Gasteiger partial charge in [-0.15, -0.1) is 0 Å². The van der Waals surface area contributed by atoms with Crippen LogP contribution in [-0.2, 0) is 20.0 Å². The van der Waals surface area contributed by atoms with Crippen molar-refractivity contribution in [1.82, 2.24) is 3.97 Å². The van der Waals surface area contributed by atoms with E-state index in [0.29, 0.717) is 10.9 Å². The lowest BCUT2D eigenvalue weighted by Crippen LogP contribution is -2.13. The minimum absolute atomic E-state index is 0.0603. The first kappa shape index (κ1) is 14.8. The molecule has 2 N–H and O–H groups in total. The van der Waals surface area contributed by atoms with E-state index in [1.54, 1.807) is 18.2 Å². The number of nitrogens with two attached hydrogens (primary N) is 1. The van der Waals surface area contributed by atoms with E-state index in [2.05, 4.69) is 0 Å². The highest BCUT2D eigenvalue weighted by Crippen LogP contribution is 2.24. The molecule has 0 saturated heterocycles. The number of hydrogen-bond donors (Lipinski definition) is 1. The van der Waals surface area contributed by atoms with E-state index in [1.807, 2.05) is 0 Å². The summed E-state index contributed by atoms with van der Waals surface area (Å²) in [6.45, 7) is 0. The molecular weight excluding hydrogens is 324 g/mol. The Morgan fingerprint density at radius 2 is 1.50 bits per heavy atom. The van der Waals surface area contributed by atoms with Crippen molar-refractivity contribution in [3.05, 3.63) is 60.8 Å². The van der Waals surface area contributed by atoms with E-state index in [1.165, 1.54) is 42.6 Å². The highest BCUT2D eigenvalue weighted by molar-refractivity contribution is 7.90. The Bertz CT molecular complexity index is 1050. The first-order valence-corrected chi connectivity index (χ1v) is 9.23. The minimum atomic E-state index is -3.83. The monoisotopic (exact) mass is 336 g/mol. The molecule has 114 valence electrons. The largest absolute Gasteiger partial charge is 0.268 e. The van der Waals surface area contributed by atoms with Crippen LogP contribution in [0.15, 0.2) is 70.6 Å². The van der Waals surface area contributed by atoms with Crippen LogP contribution in [0.3, 0.4) is 0 Å². The van der Waals surface area contributed by atoms with Gasteiger partial charge in [0.15, 0.2) is 0 Å². The predicted octanol–water partition coefficient (Wildman–Crippen LogP) is 1.53. The molecule has 1 aromatic heterocycles. The van der Waals surface area contributed by atoms with Crippen molar-refractivity contribution in [2.45, 2.75) is 9.79 Å². The average molecular weight is 336 g/mol. The zero-order valence-corrected chi connectivity index (χ0v) is 12.9. The van der Waals surface area contributed by atoms with E-state index in [-0.39, 0.29) is 9.79 Å². The van der Waals surface area contributed by atoms with Gasteiger partial charge in [-0.3, -0.25) is 0 Å². The van der Waals surface area contributed by atoms with Gasteiger partial charge in [-0.1, -0.05) is 18.2 Å². The molecule has 0 radical (unpaired) electrons. The topological polar surface area (TPSA) is 99.2 Å². The number of sulfonamides is 1. The molecule has 0 fully saturated rings. The van der Waals surface area contributed by atoms with Gasteiger partial charge in [0.2, 0.25) is 10.0 Å². The Morgan fingerprint density at radius 1 is 0.818 bits per heavy atom. The third-order valence-corrected chi connectivity index (χ3v) is 5.87. The maximum atomic E-state index is 12.6. The van der Waals surface area contributed by atoms with Gasteiger partial charge in [0.1, 0.15) is 0 Å². The molecule has 2 aromatic carbocycles. The molecule has 0 atom stereocenters. The lowest BCUT2D eigenvalue weighted by Gasteiger charge is -2.07. The maximum absolute atomic E-state index is 12.6. The Kier molecular flexibility index (Phi) is 3.32. The first-order chi connectivity index (χ1) is 10.3. The molecule has 0 aliphatic carbocycles. The third kappa shape index (κ3) is 2.41. The molecule has 3 rings (SSSR count). The van der Waals surface area contributed by atoms with Gasteiger partial charge < -0.3 is 0 Å². The highest BCUT2D eigenvalue weighted by Gasteiger charge is 2.19. The van der Waals surface area contributed by atoms with E-state index in [0.717, 1.165) is 3.97 Å². The maximum Gasteiger partial charge on any atom is 0.268 e. The summed E-state index contributed by atoms with van der Waals surface area (Å²) in [5, 5.41) is 5.56. The van der Waals surface area contributed by atoms with Crippen molar-refractivity contribution in [3.63, 3.8) is 0 Å². The lowest BCUT2D eigenvalue weighted by atomic mass is 10.2. The van der Waals surface area contributed by atoms with Gasteiger partial charge in [-0.05, 0) is 36.4 Å². The average Bonchev–Trinajstić information content (AvgIpc) is 2.91. The zero-order chi connectivity index (χ0) is 16.0. The summed E-state index contributed by atoms with van der Waals surface area (Å²) in [5.41, 5.74) is 0.385. The molecule has 22 heavy (non-hydrogen) atoms. The molecule has 3 aromatic rings. The lowest BCUT2D eigenvalue weighted by molar-refractivity contribution is 0.589. The summed E-state index contributed by atoms with van der Waals surface area (Å²) < 4.78 is 49.0. The van der Waals surface area contributed by atoms with Crippen LogP contribution in [0.25, 0.3) is 10.9 Å². The molecular formula is C14H12N2O4S2. The zero-order valence-electron chi connectivity index (χ0n) is 11.2. The van der Waals surface area contributed by atoms with Crippen LogP contribution >= 0.6 is 0 Å². The van der Waals surface area contributed by atoms with Gasteiger partial charge in [0.05, 0.1) is 15.3 Å². The number of fused-ring (bicyclic) bond motifs is 1. The van der Waals surface area contributed by atoms with Crippen molar-refractivity contribution in [2.24, 2.45) is 5.14 Å². The van der Waals surface area contributed by atoms with Crippen molar-refractivity contribution < 1.29 is 16.8 Å². The molecule has 6 nitrogen and oxygen atoms in total. The summed E-state index contributed by atoms with van der Waals surface area (Å²) in [7, 11) is -7.57. The normalized spacial score (nSPS) is 12.6. The molecule has 0 bridgehead atoms. The first-order valence-electron chi connectivity index (χ1n) is 6.25. The molecule has 1 heterocycles. The Balaban J connectivity index is 2.22. The predicted molar refractivity (Wildman–Crippen MR) is 82.3 cm³/mol. The van der Waals surface area contributed by atoms with E-state index >= 15 is 0 Å². The Labute approximate surface area is 127 Å². The molecule has 0 aliphatic rings. The number of rotatable bonds is 3. The van der Waals surface area contributed by atoms with Gasteiger partial charge in [-0.25, -0.2) is 25.9 Å². The third-order valence-electron chi connectivity index (χ3n) is 3.25. The molecule has 0 amide bonds. The molecule has 0 saturated carbocycles. The molecule has 0 aliphatic heterocycles. The van der Waals surface area contributed by atoms with Crippen LogP contribution in [0, 0.1) is 0 Å². The van der Waals surface area contributed by atoms with Crippen LogP contribution in [0.2, 0.25) is 0 Å². The summed E-state index contributed by atoms with van der Waals surface area (Å²) in [6.07, 6.45) is 1.39. The second-order valence-electron chi connectivity index (χ2n) is 4.70. The van der Waals surface area contributed by atoms with E-state index in [9.17, 15) is 16.8 Å². The van der Waals surface area contributed by atoms with Crippen LogP contribution in [0.1, 0.15) is 0 Å². The van der Waals surface area contributed by atoms with Gasteiger partial charge in [-0.2, -0.15) is 0 Å². The highest BCUT2D eigenvalue weighted by atomic mass is 32.2. The fourth-order valence-corrected chi connectivity index (χ4v) is 4.11. The number of primary sulfonamides is 1. The number of nitrogens with zero attached hydrogens (tertiary/aromatic N) is 1. The molecule has 0 spiro atoms. The summed E-state index contributed by atoms with van der Waals surface area (Å²) in [5.74, 6) is 0. The van der Waals surface area contributed by atoms with Crippen LogP contribution in [0.5, 0.6) is 0 Å². The van der Waals surface area contributed by atoms with Gasteiger partial charge >= 0.3 is 0 Å². The van der Waals surface area contributed by atoms with E-state index < -0.39 is 20.0 Å². The fourth-order valence-electron chi connectivity index (χ4n) is 2.19. The number of hydrogen-bond acceptors (Lipinski definition) is 4. The van der Waals surface area contributed by atoms with Crippen molar-refractivity contribution in [3.8, 4) is 0 Å². The summed E-state index contributed by atoms with van der Waals surface area (Å²) in [6, 6.07) is 13.6. The van der Waals surface area contributed by atoms with Crippen LogP contribution in [0.4, 0.5) is 0 Å². The standard InChI is InChI=1S/C14H12N2O4S2/c15-21(17,18)13-6-7-14-11(10-13)8-9-16(14)22(19,20)12-4-2-1-3-5-12/h1-10H,(H2,15,17,18). The SMILES string of the molecule is NS(=O)(=O)c1ccc2c(ccn2S(=O)(=O)c2ccccc2)c1.